The number of anilines is 1. The second kappa shape index (κ2) is 9.09. The van der Waals surface area contributed by atoms with E-state index in [9.17, 15) is 9.59 Å². The molecule has 6 heteroatoms. The van der Waals surface area contributed by atoms with E-state index in [0.29, 0.717) is 11.6 Å². The Kier molecular flexibility index (Phi) is 6.85. The molecule has 0 saturated heterocycles. The van der Waals surface area contributed by atoms with Gasteiger partial charge < -0.3 is 10.4 Å². The highest BCUT2D eigenvalue weighted by Crippen LogP contribution is 2.17. The number of nitrogens with one attached hydrogen (secondary N) is 2. The predicted octanol–water partition coefficient (Wildman–Crippen LogP) is 4.34. The van der Waals surface area contributed by atoms with Gasteiger partial charge in [0, 0.05) is 11.8 Å². The number of benzene rings is 2. The Morgan fingerprint density at radius 2 is 1.78 bits per heavy atom. The Bertz CT molecular complexity index is 887. The number of hydrogen-bond donors (Lipinski definition) is 3. The first-order valence-corrected chi connectivity index (χ1v) is 8.91. The number of aryl methyl sites for hydroxylation is 1. The Morgan fingerprint density at radius 1 is 1.11 bits per heavy atom. The largest absolute Gasteiger partial charge is 0.478 e. The van der Waals surface area contributed by atoms with Crippen LogP contribution in [0.5, 0.6) is 0 Å². The van der Waals surface area contributed by atoms with Crippen LogP contribution in [0.15, 0.2) is 48.5 Å². The average Bonchev–Trinajstić information content (AvgIpc) is 2.62. The first-order valence-electron chi connectivity index (χ1n) is 8.50. The van der Waals surface area contributed by atoms with Gasteiger partial charge in [0.15, 0.2) is 5.11 Å². The van der Waals surface area contributed by atoms with Crippen molar-refractivity contribution in [3.8, 4) is 0 Å². The second-order valence-electron chi connectivity index (χ2n) is 6.43. The molecule has 0 saturated carbocycles. The molecule has 1 amide bonds. The number of aromatic carboxylic acids is 1. The van der Waals surface area contributed by atoms with Gasteiger partial charge in [-0.15, -0.1) is 0 Å². The van der Waals surface area contributed by atoms with Gasteiger partial charge in [-0.25, -0.2) is 4.79 Å². The van der Waals surface area contributed by atoms with E-state index in [4.69, 9.17) is 17.3 Å². The Morgan fingerprint density at radius 3 is 2.37 bits per heavy atom. The van der Waals surface area contributed by atoms with Gasteiger partial charge in [0.25, 0.3) is 0 Å². The van der Waals surface area contributed by atoms with Crippen LogP contribution in [0.3, 0.4) is 0 Å². The standard InChI is InChI=1S/C21H22N2O3S/c1-13(2)16-9-5-15(6-10-16)7-11-19(24)23-21(27)22-18-12-17(20(25)26)8-4-14(18)3/h4-13H,1-3H3,(H,25,26)(H2,22,23,24,27)/b11-7+. The van der Waals surface area contributed by atoms with E-state index in [-0.39, 0.29) is 16.6 Å². The first-order chi connectivity index (χ1) is 12.8. The summed E-state index contributed by atoms with van der Waals surface area (Å²) in [5.74, 6) is -0.940. The summed E-state index contributed by atoms with van der Waals surface area (Å²) in [4.78, 5) is 23.1. The molecule has 0 unspecified atom stereocenters. The van der Waals surface area contributed by atoms with Crippen molar-refractivity contribution in [3.63, 3.8) is 0 Å². The predicted molar refractivity (Wildman–Crippen MR) is 112 cm³/mol. The molecule has 0 aromatic heterocycles. The third-order valence-corrected chi connectivity index (χ3v) is 4.20. The van der Waals surface area contributed by atoms with Crippen molar-refractivity contribution in [2.24, 2.45) is 0 Å². The lowest BCUT2D eigenvalue weighted by Gasteiger charge is -2.11. The van der Waals surface area contributed by atoms with Gasteiger partial charge in [-0.2, -0.15) is 0 Å². The monoisotopic (exact) mass is 382 g/mol. The molecular formula is C21H22N2O3S. The fraction of sp³-hybridized carbons (Fsp3) is 0.190. The number of thiocarbonyl (C=S) groups is 1. The highest BCUT2D eigenvalue weighted by atomic mass is 32.1. The van der Waals surface area contributed by atoms with Crippen LogP contribution in [0.25, 0.3) is 6.08 Å². The Labute approximate surface area is 164 Å². The molecule has 2 aromatic rings. The summed E-state index contributed by atoms with van der Waals surface area (Å²) in [6, 6.07) is 12.6. The van der Waals surface area contributed by atoms with Crippen molar-refractivity contribution in [1.29, 1.82) is 0 Å². The van der Waals surface area contributed by atoms with Crippen LogP contribution in [-0.4, -0.2) is 22.1 Å². The Balaban J connectivity index is 1.96. The minimum atomic E-state index is -1.03. The lowest BCUT2D eigenvalue weighted by molar-refractivity contribution is -0.115. The smallest absolute Gasteiger partial charge is 0.335 e. The molecule has 5 nitrogen and oxygen atoms in total. The summed E-state index contributed by atoms with van der Waals surface area (Å²) in [6.45, 7) is 6.07. The molecule has 0 spiro atoms. The summed E-state index contributed by atoms with van der Waals surface area (Å²) >= 11 is 5.13. The van der Waals surface area contributed by atoms with E-state index in [1.807, 2.05) is 31.2 Å². The zero-order valence-electron chi connectivity index (χ0n) is 15.4. The van der Waals surface area contributed by atoms with E-state index < -0.39 is 5.97 Å². The van der Waals surface area contributed by atoms with Crippen LogP contribution in [0, 0.1) is 6.92 Å². The highest BCUT2D eigenvalue weighted by molar-refractivity contribution is 7.80. The van der Waals surface area contributed by atoms with E-state index in [0.717, 1.165) is 11.1 Å². The maximum atomic E-state index is 12.0. The van der Waals surface area contributed by atoms with Crippen LogP contribution < -0.4 is 10.6 Å². The fourth-order valence-electron chi connectivity index (χ4n) is 2.36. The zero-order chi connectivity index (χ0) is 20.0. The molecule has 2 rings (SSSR count). The minimum Gasteiger partial charge on any atom is -0.478 e. The summed E-state index contributed by atoms with van der Waals surface area (Å²) in [5, 5.41) is 14.6. The third kappa shape index (κ3) is 6.04. The highest BCUT2D eigenvalue weighted by Gasteiger charge is 2.08. The number of hydrogen-bond acceptors (Lipinski definition) is 3. The molecule has 0 atom stereocenters. The van der Waals surface area contributed by atoms with Gasteiger partial charge in [0.05, 0.1) is 5.56 Å². The Hall–Kier alpha value is -2.99. The maximum Gasteiger partial charge on any atom is 0.335 e. The summed E-state index contributed by atoms with van der Waals surface area (Å²) in [7, 11) is 0. The van der Waals surface area contributed by atoms with Crippen molar-refractivity contribution in [1.82, 2.24) is 5.32 Å². The van der Waals surface area contributed by atoms with Gasteiger partial charge in [0.1, 0.15) is 0 Å². The average molecular weight is 382 g/mol. The van der Waals surface area contributed by atoms with Crippen molar-refractivity contribution >= 4 is 41.0 Å². The molecule has 0 bridgehead atoms. The number of carboxylic acids is 1. The summed E-state index contributed by atoms with van der Waals surface area (Å²) in [6.07, 6.45) is 3.11. The van der Waals surface area contributed by atoms with Crippen LogP contribution in [0.4, 0.5) is 5.69 Å². The van der Waals surface area contributed by atoms with E-state index in [1.54, 1.807) is 12.1 Å². The van der Waals surface area contributed by atoms with Gasteiger partial charge in [-0.1, -0.05) is 44.2 Å². The number of rotatable bonds is 5. The zero-order valence-corrected chi connectivity index (χ0v) is 16.3. The van der Waals surface area contributed by atoms with Gasteiger partial charge in [-0.05, 0) is 60.0 Å². The molecule has 0 radical (unpaired) electrons. The van der Waals surface area contributed by atoms with E-state index in [1.165, 1.54) is 23.8 Å². The number of carbonyl (C=O) groups excluding carboxylic acids is 1. The number of amides is 1. The molecule has 0 aliphatic rings. The summed E-state index contributed by atoms with van der Waals surface area (Å²) in [5.41, 5.74) is 3.65. The third-order valence-electron chi connectivity index (χ3n) is 4.00. The quantitative estimate of drug-likeness (QED) is 0.529. The molecule has 0 aliphatic heterocycles. The summed E-state index contributed by atoms with van der Waals surface area (Å²) < 4.78 is 0. The van der Waals surface area contributed by atoms with Crippen LogP contribution in [-0.2, 0) is 4.79 Å². The molecule has 0 fully saturated rings. The second-order valence-corrected chi connectivity index (χ2v) is 6.84. The minimum absolute atomic E-state index is 0.102. The normalized spacial score (nSPS) is 10.8. The molecule has 0 aliphatic carbocycles. The molecule has 3 N–H and O–H groups in total. The van der Waals surface area contributed by atoms with Crippen molar-refractivity contribution < 1.29 is 14.7 Å². The van der Waals surface area contributed by atoms with Gasteiger partial charge >= 0.3 is 5.97 Å². The molecule has 140 valence electrons. The molecule has 27 heavy (non-hydrogen) atoms. The lowest BCUT2D eigenvalue weighted by atomic mass is 10.0. The first kappa shape index (κ1) is 20.3. The van der Waals surface area contributed by atoms with Crippen molar-refractivity contribution in [2.75, 3.05) is 5.32 Å². The van der Waals surface area contributed by atoms with Gasteiger partial charge in [0.2, 0.25) is 5.91 Å². The van der Waals surface area contributed by atoms with Crippen molar-refractivity contribution in [2.45, 2.75) is 26.7 Å². The lowest BCUT2D eigenvalue weighted by Crippen LogP contribution is -2.33. The maximum absolute atomic E-state index is 12.0. The van der Waals surface area contributed by atoms with E-state index >= 15 is 0 Å². The SMILES string of the molecule is Cc1ccc(C(=O)O)cc1NC(=S)NC(=O)/C=C/c1ccc(C(C)C)cc1. The number of carbonyl (C=O) groups is 2. The van der Waals surface area contributed by atoms with Crippen LogP contribution in [0.1, 0.15) is 46.8 Å². The fourth-order valence-corrected chi connectivity index (χ4v) is 2.57. The van der Waals surface area contributed by atoms with E-state index in [2.05, 4.69) is 24.5 Å². The van der Waals surface area contributed by atoms with Gasteiger partial charge in [-0.3, -0.25) is 10.1 Å². The molecule has 0 heterocycles. The van der Waals surface area contributed by atoms with Crippen molar-refractivity contribution in [3.05, 3.63) is 70.8 Å². The molecule has 2 aromatic carbocycles. The van der Waals surface area contributed by atoms with Crippen LogP contribution in [0.2, 0.25) is 0 Å². The van der Waals surface area contributed by atoms with Crippen LogP contribution >= 0.6 is 12.2 Å². The number of carboxylic acid groups (broad SMARTS) is 1. The topological polar surface area (TPSA) is 78.4 Å². The molecular weight excluding hydrogens is 360 g/mol.